The molecule has 3 nitrogen and oxygen atoms in total. The molecule has 19 heavy (non-hydrogen) atoms. The average Bonchev–Trinajstić information content (AvgIpc) is 2.93. The lowest BCUT2D eigenvalue weighted by Crippen LogP contribution is -2.25. The summed E-state index contributed by atoms with van der Waals surface area (Å²) in [6.07, 6.45) is 4.18. The topological polar surface area (TPSA) is 42.2 Å². The highest BCUT2D eigenvalue weighted by atomic mass is 16.3. The van der Waals surface area contributed by atoms with Crippen molar-refractivity contribution in [1.29, 1.82) is 0 Å². The van der Waals surface area contributed by atoms with Gasteiger partial charge in [-0.3, -0.25) is 4.79 Å². The fourth-order valence-corrected chi connectivity index (χ4v) is 1.93. The summed E-state index contributed by atoms with van der Waals surface area (Å²) in [5, 5.41) is 2.92. The number of rotatable bonds is 6. The summed E-state index contributed by atoms with van der Waals surface area (Å²) in [4.78, 5) is 11.8. The zero-order valence-corrected chi connectivity index (χ0v) is 11.2. The van der Waals surface area contributed by atoms with Crippen molar-refractivity contribution in [3.8, 4) is 11.3 Å². The normalized spacial score (nSPS) is 10.4. The summed E-state index contributed by atoms with van der Waals surface area (Å²) < 4.78 is 5.36. The van der Waals surface area contributed by atoms with E-state index in [1.54, 1.807) is 6.26 Å². The first kappa shape index (κ1) is 13.4. The van der Waals surface area contributed by atoms with Gasteiger partial charge >= 0.3 is 0 Å². The van der Waals surface area contributed by atoms with Crippen LogP contribution in [0.4, 0.5) is 0 Å². The minimum atomic E-state index is 0.0741. The van der Waals surface area contributed by atoms with Crippen LogP contribution in [0.5, 0.6) is 0 Å². The van der Waals surface area contributed by atoms with Crippen LogP contribution in [0.1, 0.15) is 25.3 Å². The van der Waals surface area contributed by atoms with Crippen LogP contribution in [-0.4, -0.2) is 12.5 Å². The van der Waals surface area contributed by atoms with Crippen LogP contribution < -0.4 is 5.32 Å². The van der Waals surface area contributed by atoms with Gasteiger partial charge in [-0.2, -0.15) is 0 Å². The van der Waals surface area contributed by atoms with Gasteiger partial charge in [0.25, 0.3) is 0 Å². The lowest BCUT2D eigenvalue weighted by molar-refractivity contribution is -0.120. The molecule has 0 aliphatic rings. The highest BCUT2D eigenvalue weighted by molar-refractivity contribution is 5.79. The zero-order valence-electron chi connectivity index (χ0n) is 11.2. The molecular weight excluding hydrogens is 238 g/mol. The van der Waals surface area contributed by atoms with Crippen LogP contribution >= 0.6 is 0 Å². The predicted molar refractivity (Wildman–Crippen MR) is 75.8 cm³/mol. The molecule has 2 aromatic rings. The molecule has 1 amide bonds. The standard InChI is InChI=1S/C16H19NO2/c1-2-3-9-17-16(18)12-13-6-4-7-14(11-13)15-8-5-10-19-15/h4-8,10-11H,2-3,9,12H2,1H3,(H,17,18). The molecule has 3 heteroatoms. The van der Waals surface area contributed by atoms with Gasteiger partial charge in [0.2, 0.25) is 5.91 Å². The van der Waals surface area contributed by atoms with Crippen molar-refractivity contribution in [2.24, 2.45) is 0 Å². The Morgan fingerprint density at radius 3 is 2.89 bits per heavy atom. The quantitative estimate of drug-likeness (QED) is 0.806. The third kappa shape index (κ3) is 3.98. The maximum atomic E-state index is 11.8. The number of hydrogen-bond donors (Lipinski definition) is 1. The third-order valence-electron chi connectivity index (χ3n) is 2.95. The molecule has 0 unspecified atom stereocenters. The van der Waals surface area contributed by atoms with Crippen molar-refractivity contribution in [1.82, 2.24) is 5.32 Å². The number of carbonyl (C=O) groups is 1. The van der Waals surface area contributed by atoms with E-state index in [9.17, 15) is 4.79 Å². The molecule has 0 aliphatic heterocycles. The summed E-state index contributed by atoms with van der Waals surface area (Å²) in [6, 6.07) is 11.7. The molecule has 1 aromatic carbocycles. The lowest BCUT2D eigenvalue weighted by atomic mass is 10.1. The second kappa shape index (κ2) is 6.78. The smallest absolute Gasteiger partial charge is 0.224 e. The van der Waals surface area contributed by atoms with Crippen molar-refractivity contribution in [2.75, 3.05) is 6.54 Å². The van der Waals surface area contributed by atoms with Crippen molar-refractivity contribution in [3.63, 3.8) is 0 Å². The fraction of sp³-hybridized carbons (Fsp3) is 0.312. The Labute approximate surface area is 113 Å². The van der Waals surface area contributed by atoms with E-state index in [1.165, 1.54) is 0 Å². The fourth-order valence-electron chi connectivity index (χ4n) is 1.93. The van der Waals surface area contributed by atoms with E-state index in [-0.39, 0.29) is 5.91 Å². The second-order valence-corrected chi connectivity index (χ2v) is 4.56. The Morgan fingerprint density at radius 2 is 2.16 bits per heavy atom. The van der Waals surface area contributed by atoms with Gasteiger partial charge in [-0.15, -0.1) is 0 Å². The predicted octanol–water partition coefficient (Wildman–Crippen LogP) is 3.41. The van der Waals surface area contributed by atoms with Crippen molar-refractivity contribution in [3.05, 3.63) is 48.2 Å². The van der Waals surface area contributed by atoms with Crippen LogP contribution in [0.15, 0.2) is 47.1 Å². The first-order chi connectivity index (χ1) is 9.29. The largest absolute Gasteiger partial charge is 0.464 e. The summed E-state index contributed by atoms with van der Waals surface area (Å²) in [7, 11) is 0. The van der Waals surface area contributed by atoms with Gasteiger partial charge in [-0.25, -0.2) is 0 Å². The molecule has 0 radical (unpaired) electrons. The number of hydrogen-bond acceptors (Lipinski definition) is 2. The van der Waals surface area contributed by atoms with Gasteiger partial charge in [0.05, 0.1) is 12.7 Å². The maximum Gasteiger partial charge on any atom is 0.224 e. The van der Waals surface area contributed by atoms with E-state index in [2.05, 4.69) is 12.2 Å². The molecule has 0 aliphatic carbocycles. The first-order valence-electron chi connectivity index (χ1n) is 6.69. The molecule has 0 atom stereocenters. The van der Waals surface area contributed by atoms with E-state index in [0.29, 0.717) is 6.42 Å². The van der Waals surface area contributed by atoms with E-state index in [4.69, 9.17) is 4.42 Å². The average molecular weight is 257 g/mol. The highest BCUT2D eigenvalue weighted by Gasteiger charge is 2.05. The number of furan rings is 1. The van der Waals surface area contributed by atoms with Crippen molar-refractivity contribution < 1.29 is 9.21 Å². The van der Waals surface area contributed by atoms with Crippen molar-refractivity contribution in [2.45, 2.75) is 26.2 Å². The summed E-state index contributed by atoms with van der Waals surface area (Å²) >= 11 is 0. The molecule has 0 bridgehead atoms. The van der Waals surface area contributed by atoms with Crippen LogP contribution in [0, 0.1) is 0 Å². The van der Waals surface area contributed by atoms with Crippen molar-refractivity contribution >= 4 is 5.91 Å². The molecule has 100 valence electrons. The van der Waals surface area contributed by atoms with E-state index < -0.39 is 0 Å². The molecule has 0 fully saturated rings. The molecule has 1 aromatic heterocycles. The van der Waals surface area contributed by atoms with Crippen LogP contribution in [0.25, 0.3) is 11.3 Å². The minimum Gasteiger partial charge on any atom is -0.464 e. The number of nitrogens with one attached hydrogen (secondary N) is 1. The number of benzene rings is 1. The molecule has 1 N–H and O–H groups in total. The van der Waals surface area contributed by atoms with E-state index in [1.807, 2.05) is 36.4 Å². The zero-order chi connectivity index (χ0) is 13.5. The molecular formula is C16H19NO2. The monoisotopic (exact) mass is 257 g/mol. The summed E-state index contributed by atoms with van der Waals surface area (Å²) in [6.45, 7) is 2.87. The van der Waals surface area contributed by atoms with Gasteiger partial charge in [0, 0.05) is 12.1 Å². The lowest BCUT2D eigenvalue weighted by Gasteiger charge is -2.05. The van der Waals surface area contributed by atoms with Gasteiger partial charge < -0.3 is 9.73 Å². The molecule has 0 saturated carbocycles. The van der Waals surface area contributed by atoms with E-state index >= 15 is 0 Å². The Hall–Kier alpha value is -2.03. The molecule has 2 rings (SSSR count). The number of unbranched alkanes of at least 4 members (excludes halogenated alkanes) is 1. The van der Waals surface area contributed by atoms with Gasteiger partial charge in [-0.1, -0.05) is 31.5 Å². The Morgan fingerprint density at radius 1 is 1.26 bits per heavy atom. The van der Waals surface area contributed by atoms with Crippen LogP contribution in [0.3, 0.4) is 0 Å². The Bertz CT molecular complexity index is 517. The Kier molecular flexibility index (Phi) is 4.78. The SMILES string of the molecule is CCCCNC(=O)Cc1cccc(-c2ccco2)c1. The molecule has 0 saturated heterocycles. The van der Waals surface area contributed by atoms with Gasteiger partial charge in [0.1, 0.15) is 5.76 Å². The van der Waals surface area contributed by atoms with Crippen LogP contribution in [-0.2, 0) is 11.2 Å². The number of carbonyl (C=O) groups excluding carboxylic acids is 1. The van der Waals surface area contributed by atoms with Gasteiger partial charge in [-0.05, 0) is 30.2 Å². The molecule has 0 spiro atoms. The highest BCUT2D eigenvalue weighted by Crippen LogP contribution is 2.20. The third-order valence-corrected chi connectivity index (χ3v) is 2.95. The van der Waals surface area contributed by atoms with Crippen LogP contribution in [0.2, 0.25) is 0 Å². The number of amides is 1. The summed E-state index contributed by atoms with van der Waals surface area (Å²) in [5.74, 6) is 0.901. The minimum absolute atomic E-state index is 0.0741. The molecule has 1 heterocycles. The second-order valence-electron chi connectivity index (χ2n) is 4.56. The van der Waals surface area contributed by atoms with Gasteiger partial charge in [0.15, 0.2) is 0 Å². The Balaban J connectivity index is 1.97. The summed E-state index contributed by atoms with van der Waals surface area (Å²) in [5.41, 5.74) is 2.01. The van der Waals surface area contributed by atoms with E-state index in [0.717, 1.165) is 36.3 Å². The first-order valence-corrected chi connectivity index (χ1v) is 6.69. The maximum absolute atomic E-state index is 11.8.